The molecule has 1 aliphatic rings. The maximum atomic E-state index is 11.2. The maximum Gasteiger partial charge on any atom is 0.169 e. The molecule has 0 aromatic heterocycles. The number of nitriles is 3. The van der Waals surface area contributed by atoms with Crippen LogP contribution in [0.4, 0.5) is 0 Å². The van der Waals surface area contributed by atoms with Crippen LogP contribution in [0.2, 0.25) is 0 Å². The van der Waals surface area contributed by atoms with Crippen molar-refractivity contribution >= 4 is 0 Å². The molecule has 7 rings (SSSR count). The molecule has 0 amide bonds. The summed E-state index contributed by atoms with van der Waals surface area (Å²) in [6.45, 7) is 0. The number of fused-ring (bicyclic) bond motifs is 3. The molecule has 9 nitrogen and oxygen atoms in total. The van der Waals surface area contributed by atoms with Gasteiger partial charge < -0.3 is 29.5 Å². The first-order chi connectivity index (χ1) is 24.8. The van der Waals surface area contributed by atoms with E-state index >= 15 is 0 Å². The van der Waals surface area contributed by atoms with E-state index in [4.69, 9.17) is 14.2 Å². The van der Waals surface area contributed by atoms with Crippen molar-refractivity contribution < 1.29 is 29.5 Å². The van der Waals surface area contributed by atoms with Crippen molar-refractivity contribution in [3.63, 3.8) is 0 Å². The number of hydrogen-bond acceptors (Lipinski definition) is 9. The maximum absolute atomic E-state index is 11.2. The van der Waals surface area contributed by atoms with Crippen molar-refractivity contribution in [1.82, 2.24) is 0 Å². The van der Waals surface area contributed by atoms with E-state index < -0.39 is 0 Å². The molecule has 0 spiro atoms. The molecule has 51 heavy (non-hydrogen) atoms. The van der Waals surface area contributed by atoms with Crippen LogP contribution in [0, 0.1) is 34.0 Å². The van der Waals surface area contributed by atoms with E-state index in [2.05, 4.69) is 18.2 Å². The van der Waals surface area contributed by atoms with Gasteiger partial charge in [0, 0.05) is 0 Å². The van der Waals surface area contributed by atoms with Crippen LogP contribution >= 0.6 is 0 Å². The van der Waals surface area contributed by atoms with Gasteiger partial charge in [0.1, 0.15) is 17.2 Å². The molecule has 0 saturated heterocycles. The number of aromatic hydroxyl groups is 3. The topological polar surface area (TPSA) is 160 Å². The minimum atomic E-state index is -0.0824. The van der Waals surface area contributed by atoms with Gasteiger partial charge in [-0.1, -0.05) is 0 Å². The van der Waals surface area contributed by atoms with Crippen LogP contribution in [0.5, 0.6) is 51.7 Å². The Labute approximate surface area is 293 Å². The van der Waals surface area contributed by atoms with Gasteiger partial charge in [0.15, 0.2) is 34.5 Å². The Morgan fingerprint density at radius 2 is 0.608 bits per heavy atom. The molecule has 3 N–H and O–H groups in total. The Balaban J connectivity index is 1.32. The van der Waals surface area contributed by atoms with Gasteiger partial charge in [-0.3, -0.25) is 0 Å². The number of ether oxygens (including phenoxy) is 3. The summed E-state index contributed by atoms with van der Waals surface area (Å²) in [7, 11) is 0. The third-order valence-corrected chi connectivity index (χ3v) is 8.62. The third-order valence-electron chi connectivity index (χ3n) is 8.62. The monoisotopic (exact) mass is 669 g/mol. The lowest BCUT2D eigenvalue weighted by Gasteiger charge is -2.16. The number of phenolic OH excluding ortho intramolecular Hbond substituents is 3. The summed E-state index contributed by atoms with van der Waals surface area (Å²) in [5.74, 6) is 1.75. The lowest BCUT2D eigenvalue weighted by molar-refractivity contribution is 0.409. The smallest absolute Gasteiger partial charge is 0.169 e. The molecule has 1 aliphatic carbocycles. The van der Waals surface area contributed by atoms with E-state index in [-0.39, 0.29) is 34.5 Å². The van der Waals surface area contributed by atoms with E-state index in [9.17, 15) is 31.1 Å². The normalized spacial score (nSPS) is 11.5. The number of nitrogens with zero attached hydrogens (tertiary/aromatic N) is 3. The van der Waals surface area contributed by atoms with Crippen LogP contribution < -0.4 is 14.2 Å². The van der Waals surface area contributed by atoms with Gasteiger partial charge in [0.25, 0.3) is 0 Å². The fourth-order valence-electron chi connectivity index (χ4n) is 5.98. The van der Waals surface area contributed by atoms with E-state index in [1.54, 1.807) is 109 Å². The first-order valence-corrected chi connectivity index (χ1v) is 15.9. The van der Waals surface area contributed by atoms with Gasteiger partial charge in [-0.2, -0.15) is 15.8 Å². The molecule has 0 aliphatic heterocycles. The van der Waals surface area contributed by atoms with Gasteiger partial charge in [-0.15, -0.1) is 0 Å². The van der Waals surface area contributed by atoms with Crippen LogP contribution in [0.25, 0.3) is 0 Å². The highest BCUT2D eigenvalue weighted by molar-refractivity contribution is 5.59. The Kier molecular flexibility index (Phi) is 8.58. The third kappa shape index (κ3) is 6.93. The van der Waals surface area contributed by atoms with Crippen molar-refractivity contribution in [3.05, 3.63) is 159 Å². The van der Waals surface area contributed by atoms with Crippen molar-refractivity contribution in [2.75, 3.05) is 0 Å². The molecular weight excluding hydrogens is 642 g/mol. The summed E-state index contributed by atoms with van der Waals surface area (Å²) in [5.41, 5.74) is 6.30. The zero-order chi connectivity index (χ0) is 35.5. The van der Waals surface area contributed by atoms with Gasteiger partial charge in [0.05, 0.1) is 34.9 Å². The van der Waals surface area contributed by atoms with Crippen LogP contribution in [-0.4, -0.2) is 15.3 Å². The fraction of sp³-hybridized carbons (Fsp3) is 0.0714. The van der Waals surface area contributed by atoms with Crippen LogP contribution in [0.15, 0.2) is 109 Å². The predicted molar refractivity (Wildman–Crippen MR) is 186 cm³/mol. The largest absolute Gasteiger partial charge is 0.504 e. The SMILES string of the molecule is N#Cc1ccc(Oc2cc3c(cc2O)Cc2cc(Oc4ccc(C#N)cc4)c(O)cc2Cc2cc(Oc4ccc(C#N)cc4)c(O)cc2C3)cc1. The van der Waals surface area contributed by atoms with Crippen LogP contribution in [0.1, 0.15) is 50.1 Å². The number of rotatable bonds is 6. The summed E-state index contributed by atoms with van der Waals surface area (Å²) in [5, 5.41) is 61.0. The molecule has 0 radical (unpaired) electrons. The second-order valence-corrected chi connectivity index (χ2v) is 12.0. The van der Waals surface area contributed by atoms with Crippen molar-refractivity contribution in [3.8, 4) is 70.0 Å². The summed E-state index contributed by atoms with van der Waals surface area (Å²) in [6.07, 6.45) is 1.11. The quantitative estimate of drug-likeness (QED) is 0.157. The molecule has 0 fully saturated rings. The fourth-order valence-corrected chi connectivity index (χ4v) is 5.98. The molecule has 9 heteroatoms. The molecule has 246 valence electrons. The highest BCUT2D eigenvalue weighted by atomic mass is 16.5. The molecule has 6 aromatic carbocycles. The zero-order valence-electron chi connectivity index (χ0n) is 26.9. The highest BCUT2D eigenvalue weighted by Gasteiger charge is 2.22. The van der Waals surface area contributed by atoms with E-state index in [1.807, 2.05) is 0 Å². The summed E-state index contributed by atoms with van der Waals surface area (Å²) < 4.78 is 18.2. The molecule has 0 heterocycles. The Morgan fingerprint density at radius 3 is 0.843 bits per heavy atom. The van der Waals surface area contributed by atoms with Crippen LogP contribution in [-0.2, 0) is 19.3 Å². The summed E-state index contributed by atoms with van der Waals surface area (Å²) >= 11 is 0. The van der Waals surface area contributed by atoms with Crippen LogP contribution in [0.3, 0.4) is 0 Å². The number of phenols is 3. The second kappa shape index (κ2) is 13.6. The summed E-state index contributed by atoms with van der Waals surface area (Å²) in [4.78, 5) is 0. The number of hydrogen-bond donors (Lipinski definition) is 3. The summed E-state index contributed by atoms with van der Waals surface area (Å²) in [6, 6.07) is 36.2. The molecular formula is C42H27N3O6. The van der Waals surface area contributed by atoms with Crippen molar-refractivity contribution in [2.45, 2.75) is 19.3 Å². The Bertz CT molecular complexity index is 2150. The van der Waals surface area contributed by atoms with E-state index in [0.29, 0.717) is 53.2 Å². The lowest BCUT2D eigenvalue weighted by Crippen LogP contribution is -2.00. The predicted octanol–water partition coefficient (Wildman–Crippen LogP) is 8.88. The van der Waals surface area contributed by atoms with Gasteiger partial charge in [0.2, 0.25) is 0 Å². The molecule has 0 bridgehead atoms. The Hall–Kier alpha value is -7.41. The Morgan fingerprint density at radius 1 is 0.373 bits per heavy atom. The van der Waals surface area contributed by atoms with E-state index in [1.165, 1.54) is 0 Å². The first kappa shape index (κ1) is 32.2. The molecule has 6 aromatic rings. The minimum Gasteiger partial charge on any atom is -0.504 e. The number of benzene rings is 6. The average molecular weight is 670 g/mol. The van der Waals surface area contributed by atoms with Gasteiger partial charge in [-0.05, 0) is 162 Å². The van der Waals surface area contributed by atoms with Crippen molar-refractivity contribution in [2.24, 2.45) is 0 Å². The zero-order valence-corrected chi connectivity index (χ0v) is 26.9. The van der Waals surface area contributed by atoms with Gasteiger partial charge in [-0.25, -0.2) is 0 Å². The van der Waals surface area contributed by atoms with Gasteiger partial charge >= 0.3 is 0 Å². The minimum absolute atomic E-state index is 0.0824. The molecule has 0 atom stereocenters. The molecule has 0 saturated carbocycles. The standard InChI is InChI=1S/C42H27N3O6/c43-22-25-1-7-34(8-2-25)49-40-19-31-13-29-17-38(47)42(51-36-11-5-27(24-45)6-12-36)21-33(29)15-30-18-39(48)41(20-32(30)14-28(31)16-37(40)46)50-35-9-3-26(23-44)4-10-35/h1-12,16-21,46-48H,13-15H2. The molecule has 0 unspecified atom stereocenters. The average Bonchev–Trinajstić information content (AvgIpc) is 3.19. The van der Waals surface area contributed by atoms with Crippen molar-refractivity contribution in [1.29, 1.82) is 15.8 Å². The van der Waals surface area contributed by atoms with E-state index in [0.717, 1.165) is 33.4 Å². The highest BCUT2D eigenvalue weighted by Crippen LogP contribution is 2.42. The first-order valence-electron chi connectivity index (χ1n) is 15.9. The lowest BCUT2D eigenvalue weighted by atomic mass is 9.94. The second-order valence-electron chi connectivity index (χ2n) is 12.0.